The van der Waals surface area contributed by atoms with Crippen LogP contribution in [0.5, 0.6) is 17.2 Å². The summed E-state index contributed by atoms with van der Waals surface area (Å²) >= 11 is 0. The number of fused-ring (bicyclic) bond motifs is 6. The molecule has 0 unspecified atom stereocenters. The standard InChI is InChI=1S/C36H43NO13.CH4/c1-16-32-19(37-10-11-46-34(45-6)33(37)50-32)12-23(48-16)49-21-14-36(43,22(38)15-47-35(2,3)4)13-18-25(21)31(42)27-26(29(18)40)28(39)17-8-7-9-20(44-5)24(17)30(27)41;/h7-9,16,19,21,23,32-34,40,42-43H,10-15H2,1-6H3;1H4/t16-,19-,21-,23-,32+,33+,34-,36-;/m0./s1. The lowest BCUT2D eigenvalue weighted by atomic mass is 9.72. The molecule has 14 heteroatoms. The van der Waals surface area contributed by atoms with Crippen LogP contribution in [0.25, 0.3) is 0 Å². The van der Waals surface area contributed by atoms with E-state index in [0.717, 1.165) is 0 Å². The molecule has 3 aliphatic heterocycles. The van der Waals surface area contributed by atoms with E-state index < -0.39 is 95.2 Å². The zero-order chi connectivity index (χ0) is 35.9. The van der Waals surface area contributed by atoms with Crippen LogP contribution in [0.3, 0.4) is 0 Å². The maximum Gasteiger partial charge on any atom is 0.202 e. The second-order valence-corrected chi connectivity index (χ2v) is 14.5. The number of hydrogen-bond acceptors (Lipinski definition) is 14. The highest BCUT2D eigenvalue weighted by molar-refractivity contribution is 6.31. The van der Waals surface area contributed by atoms with Crippen LogP contribution >= 0.6 is 0 Å². The lowest BCUT2D eigenvalue weighted by Crippen LogP contribution is -2.55. The van der Waals surface area contributed by atoms with E-state index in [0.29, 0.717) is 19.6 Å². The number of aromatic hydroxyl groups is 2. The lowest BCUT2D eigenvalue weighted by molar-refractivity contribution is -0.256. The van der Waals surface area contributed by atoms with E-state index in [-0.39, 0.29) is 54.0 Å². The molecule has 278 valence electrons. The second-order valence-electron chi connectivity index (χ2n) is 14.5. The van der Waals surface area contributed by atoms with Crippen molar-refractivity contribution in [3.63, 3.8) is 0 Å². The predicted octanol–water partition coefficient (Wildman–Crippen LogP) is 3.17. The van der Waals surface area contributed by atoms with Crippen LogP contribution in [-0.4, -0.2) is 120 Å². The molecule has 0 spiro atoms. The van der Waals surface area contributed by atoms with E-state index in [2.05, 4.69) is 4.90 Å². The quantitative estimate of drug-likeness (QED) is 0.304. The molecule has 2 aromatic rings. The van der Waals surface area contributed by atoms with Crippen molar-refractivity contribution in [2.45, 2.75) is 109 Å². The van der Waals surface area contributed by atoms with Gasteiger partial charge >= 0.3 is 0 Å². The highest BCUT2D eigenvalue weighted by Crippen LogP contribution is 2.53. The first-order valence-electron chi connectivity index (χ1n) is 16.8. The summed E-state index contributed by atoms with van der Waals surface area (Å²) in [5, 5.41) is 35.7. The maximum atomic E-state index is 14.0. The number of rotatable bonds is 7. The Hall–Kier alpha value is -3.47. The number of Topliss-reactive ketones (excluding diaryl/α,β-unsaturated/α-hetero) is 1. The molecule has 3 heterocycles. The molecule has 3 saturated heterocycles. The highest BCUT2D eigenvalue weighted by Gasteiger charge is 2.55. The van der Waals surface area contributed by atoms with Crippen molar-refractivity contribution in [2.75, 3.05) is 34.0 Å². The van der Waals surface area contributed by atoms with Gasteiger partial charge in [-0.1, -0.05) is 19.6 Å². The highest BCUT2D eigenvalue weighted by atomic mass is 16.7. The lowest BCUT2D eigenvalue weighted by Gasteiger charge is -2.43. The Bertz CT molecular complexity index is 1740. The third-order valence-electron chi connectivity index (χ3n) is 10.3. The van der Waals surface area contributed by atoms with Crippen molar-refractivity contribution in [3.05, 3.63) is 51.6 Å². The number of benzene rings is 2. The van der Waals surface area contributed by atoms with E-state index in [1.807, 2.05) is 6.92 Å². The van der Waals surface area contributed by atoms with Gasteiger partial charge in [0.25, 0.3) is 0 Å². The molecule has 0 aromatic heterocycles. The fraction of sp³-hybridized carbons (Fsp3) is 0.595. The summed E-state index contributed by atoms with van der Waals surface area (Å²) in [6.45, 7) is 7.74. The van der Waals surface area contributed by atoms with Gasteiger partial charge in [0.1, 0.15) is 35.6 Å². The first-order chi connectivity index (χ1) is 23.7. The number of methoxy groups -OCH3 is 2. The predicted molar refractivity (Wildman–Crippen MR) is 179 cm³/mol. The minimum Gasteiger partial charge on any atom is -0.507 e. The fourth-order valence-electron chi connectivity index (χ4n) is 7.96. The van der Waals surface area contributed by atoms with E-state index >= 15 is 0 Å². The van der Waals surface area contributed by atoms with Crippen molar-refractivity contribution in [1.82, 2.24) is 4.90 Å². The summed E-state index contributed by atoms with van der Waals surface area (Å²) in [6.07, 6.45) is -4.52. The first kappa shape index (κ1) is 37.3. The first-order valence-corrected chi connectivity index (χ1v) is 16.8. The third-order valence-corrected chi connectivity index (χ3v) is 10.3. The van der Waals surface area contributed by atoms with E-state index in [4.69, 9.17) is 33.2 Å². The monoisotopic (exact) mass is 713 g/mol. The molecule has 3 N–H and O–H groups in total. The molecule has 2 aliphatic carbocycles. The molecular weight excluding hydrogens is 666 g/mol. The van der Waals surface area contributed by atoms with Gasteiger partial charge < -0.3 is 48.5 Å². The number of carbonyl (C=O) groups excluding carboxylic acids is 3. The van der Waals surface area contributed by atoms with Crippen LogP contribution in [0.4, 0.5) is 0 Å². The van der Waals surface area contributed by atoms with Gasteiger partial charge in [-0.3, -0.25) is 19.3 Å². The van der Waals surface area contributed by atoms with Gasteiger partial charge in [0.2, 0.25) is 5.78 Å². The van der Waals surface area contributed by atoms with Crippen LogP contribution in [-0.2, 0) is 39.6 Å². The minimum atomic E-state index is -2.13. The smallest absolute Gasteiger partial charge is 0.202 e. The van der Waals surface area contributed by atoms with Crippen molar-refractivity contribution in [1.29, 1.82) is 0 Å². The molecule has 0 saturated carbocycles. The van der Waals surface area contributed by atoms with Gasteiger partial charge in [0, 0.05) is 55.6 Å². The fourth-order valence-corrected chi connectivity index (χ4v) is 7.96. The zero-order valence-corrected chi connectivity index (χ0v) is 28.9. The Kier molecular flexibility index (Phi) is 9.87. The average molecular weight is 714 g/mol. The Balaban J connectivity index is 0.00000448. The Labute approximate surface area is 296 Å². The van der Waals surface area contributed by atoms with Crippen molar-refractivity contribution < 1.29 is 62.9 Å². The molecule has 7 rings (SSSR count). The van der Waals surface area contributed by atoms with Crippen LogP contribution in [0.2, 0.25) is 0 Å². The second kappa shape index (κ2) is 13.5. The number of nitrogens with zero attached hydrogens (tertiary/aromatic N) is 1. The summed E-state index contributed by atoms with van der Waals surface area (Å²) in [5.41, 5.74) is -3.82. The number of ketones is 3. The number of ether oxygens (including phenoxy) is 7. The Morgan fingerprint density at radius 2 is 1.78 bits per heavy atom. The molecule has 0 radical (unpaired) electrons. The summed E-state index contributed by atoms with van der Waals surface area (Å²) < 4.78 is 41.5. The van der Waals surface area contributed by atoms with Gasteiger partial charge in [0.15, 0.2) is 30.4 Å². The third kappa shape index (κ3) is 6.15. The number of phenols is 2. The van der Waals surface area contributed by atoms with Crippen molar-refractivity contribution in [2.24, 2.45) is 0 Å². The number of morpholine rings is 1. The molecule has 0 amide bonds. The maximum absolute atomic E-state index is 14.0. The summed E-state index contributed by atoms with van der Waals surface area (Å²) in [6, 6.07) is 4.34. The zero-order valence-electron chi connectivity index (χ0n) is 28.9. The van der Waals surface area contributed by atoms with Crippen molar-refractivity contribution in [3.8, 4) is 17.2 Å². The van der Waals surface area contributed by atoms with Crippen LogP contribution in [0.15, 0.2) is 18.2 Å². The molecule has 8 atom stereocenters. The minimum absolute atomic E-state index is 0. The topological polar surface area (TPSA) is 180 Å². The Morgan fingerprint density at radius 1 is 1.06 bits per heavy atom. The molecule has 3 fully saturated rings. The molecular formula is C37H47NO13. The van der Waals surface area contributed by atoms with Gasteiger partial charge in [-0.05, 0) is 33.8 Å². The van der Waals surface area contributed by atoms with Crippen molar-refractivity contribution >= 4 is 17.3 Å². The molecule has 5 aliphatic rings. The SMILES string of the molecule is C.COc1cccc2c1C(=O)c1c(O)c3c(c(O)c1C2=O)C[C@@](O)(C(=O)COC(C)(C)C)C[C@@H]3O[C@H]1C[C@H]2[C@H](O[C@@H]3[C@@H](OC)OCCN32)[C@H](C)O1. The molecule has 0 bridgehead atoms. The number of carbonyl (C=O) groups is 3. The normalized spacial score (nSPS) is 31.5. The van der Waals surface area contributed by atoms with Crippen LogP contribution in [0.1, 0.15) is 97.0 Å². The van der Waals surface area contributed by atoms with Crippen LogP contribution in [0, 0.1) is 0 Å². The van der Waals surface area contributed by atoms with E-state index in [1.165, 1.54) is 19.2 Å². The average Bonchev–Trinajstić information content (AvgIpc) is 3.46. The number of aliphatic hydroxyl groups is 1. The summed E-state index contributed by atoms with van der Waals surface area (Å²) in [7, 11) is 2.91. The van der Waals surface area contributed by atoms with Gasteiger partial charge in [-0.25, -0.2) is 0 Å². The molecule has 14 nitrogen and oxygen atoms in total. The summed E-state index contributed by atoms with van der Waals surface area (Å²) in [5.74, 6) is -3.20. The summed E-state index contributed by atoms with van der Waals surface area (Å²) in [4.78, 5) is 43.7. The molecule has 2 aromatic carbocycles. The van der Waals surface area contributed by atoms with E-state index in [1.54, 1.807) is 33.9 Å². The van der Waals surface area contributed by atoms with Gasteiger partial charge in [0.05, 0.1) is 48.2 Å². The van der Waals surface area contributed by atoms with Gasteiger partial charge in [-0.15, -0.1) is 0 Å². The number of hydrogen-bond donors (Lipinski definition) is 3. The van der Waals surface area contributed by atoms with Gasteiger partial charge in [-0.2, -0.15) is 0 Å². The number of phenolic OH excluding ortho intramolecular Hbond substituents is 2. The Morgan fingerprint density at radius 3 is 2.47 bits per heavy atom. The van der Waals surface area contributed by atoms with E-state index in [9.17, 15) is 29.7 Å². The largest absolute Gasteiger partial charge is 0.507 e. The molecule has 51 heavy (non-hydrogen) atoms. The van der Waals surface area contributed by atoms with Crippen LogP contribution < -0.4 is 4.74 Å².